The molecule has 0 unspecified atom stereocenters. The number of hydrogen-bond donors (Lipinski definition) is 0. The summed E-state index contributed by atoms with van der Waals surface area (Å²) in [6.07, 6.45) is 0. The second-order valence-electron chi connectivity index (χ2n) is 5.51. The zero-order chi connectivity index (χ0) is 18.2. The van der Waals surface area contributed by atoms with Gasteiger partial charge in [0.05, 0.1) is 0 Å². The van der Waals surface area contributed by atoms with Crippen LogP contribution >= 0.6 is 0 Å². The molecule has 0 fully saturated rings. The van der Waals surface area contributed by atoms with Gasteiger partial charge in [0.15, 0.2) is 23.3 Å². The molecule has 0 aromatic heterocycles. The molecular weight excluding hydrogens is 331 g/mol. The first-order valence-corrected chi connectivity index (χ1v) is 6.99. The van der Waals surface area contributed by atoms with Crippen LogP contribution in [0.25, 0.3) is 0 Å². The average molecular weight is 344 g/mol. The molecule has 128 valence electrons. The minimum atomic E-state index is -2.33. The van der Waals surface area contributed by atoms with E-state index in [4.69, 9.17) is 4.74 Å². The topological polar surface area (TPSA) is 26.3 Å². The highest BCUT2D eigenvalue weighted by molar-refractivity contribution is 5.91. The van der Waals surface area contributed by atoms with Gasteiger partial charge >= 0.3 is 5.97 Å². The molecule has 2 nitrogen and oxygen atoms in total. The Balaban J connectivity index is 2.40. The number of halogens is 5. The first-order valence-electron chi connectivity index (χ1n) is 6.99. The normalized spacial score (nSPS) is 11.0. The Labute approximate surface area is 134 Å². The molecule has 24 heavy (non-hydrogen) atoms. The van der Waals surface area contributed by atoms with E-state index in [2.05, 4.69) is 0 Å². The third kappa shape index (κ3) is 3.11. The fourth-order valence-electron chi connectivity index (χ4n) is 2.30. The van der Waals surface area contributed by atoms with E-state index in [1.54, 1.807) is 13.0 Å². The molecule has 0 amide bonds. The number of carbonyl (C=O) groups excluding carboxylic acids is 1. The summed E-state index contributed by atoms with van der Waals surface area (Å²) in [6.45, 7) is 5.64. The lowest BCUT2D eigenvalue weighted by Crippen LogP contribution is -2.17. The summed E-state index contributed by atoms with van der Waals surface area (Å²) in [4.78, 5) is 11.8. The number of benzene rings is 2. The van der Waals surface area contributed by atoms with Gasteiger partial charge in [-0.1, -0.05) is 19.9 Å². The third-order valence-corrected chi connectivity index (χ3v) is 3.49. The second kappa shape index (κ2) is 6.59. The Morgan fingerprint density at radius 3 is 1.88 bits per heavy atom. The first-order chi connectivity index (χ1) is 11.1. The number of carbonyl (C=O) groups is 1. The number of esters is 1. The SMILES string of the molecule is Cc1cc(OC(=O)c2c(F)c(F)c(F)c(F)c2F)ccc1C(C)C. The highest BCUT2D eigenvalue weighted by Crippen LogP contribution is 2.27. The summed E-state index contributed by atoms with van der Waals surface area (Å²) >= 11 is 0. The van der Waals surface area contributed by atoms with Crippen molar-refractivity contribution in [3.05, 3.63) is 64.0 Å². The Morgan fingerprint density at radius 1 is 0.917 bits per heavy atom. The first kappa shape index (κ1) is 17.9. The van der Waals surface area contributed by atoms with Crippen molar-refractivity contribution in [3.8, 4) is 5.75 Å². The molecule has 0 bridgehead atoms. The van der Waals surface area contributed by atoms with Gasteiger partial charge in [-0.05, 0) is 36.1 Å². The molecule has 0 aliphatic heterocycles. The molecule has 0 N–H and O–H groups in total. The van der Waals surface area contributed by atoms with Crippen molar-refractivity contribution >= 4 is 5.97 Å². The van der Waals surface area contributed by atoms with E-state index < -0.39 is 40.6 Å². The van der Waals surface area contributed by atoms with Crippen LogP contribution in [0.5, 0.6) is 5.75 Å². The van der Waals surface area contributed by atoms with Gasteiger partial charge in [-0.25, -0.2) is 26.7 Å². The Kier molecular flexibility index (Phi) is 4.91. The van der Waals surface area contributed by atoms with Crippen LogP contribution in [-0.2, 0) is 0 Å². The maximum Gasteiger partial charge on any atom is 0.349 e. The minimum Gasteiger partial charge on any atom is -0.423 e. The van der Waals surface area contributed by atoms with E-state index in [0.29, 0.717) is 0 Å². The zero-order valence-electron chi connectivity index (χ0n) is 13.0. The maximum absolute atomic E-state index is 13.6. The van der Waals surface area contributed by atoms with Gasteiger partial charge in [0.25, 0.3) is 0 Å². The second-order valence-corrected chi connectivity index (χ2v) is 5.51. The molecular formula is C17H13F5O2. The van der Waals surface area contributed by atoms with Gasteiger partial charge in [0, 0.05) is 0 Å². The summed E-state index contributed by atoms with van der Waals surface area (Å²) in [7, 11) is 0. The molecule has 7 heteroatoms. The standard InChI is InChI=1S/C17H13F5O2/c1-7(2)10-5-4-9(6-8(10)3)24-17(23)11-12(18)14(20)16(22)15(21)13(11)19/h4-7H,1-3H3. The summed E-state index contributed by atoms with van der Waals surface area (Å²) in [6, 6.07) is 4.48. The van der Waals surface area contributed by atoms with E-state index in [9.17, 15) is 26.7 Å². The van der Waals surface area contributed by atoms with E-state index in [-0.39, 0.29) is 11.7 Å². The molecule has 0 radical (unpaired) electrons. The van der Waals surface area contributed by atoms with Crippen molar-refractivity contribution in [2.24, 2.45) is 0 Å². The van der Waals surface area contributed by atoms with Gasteiger partial charge in [0.2, 0.25) is 5.82 Å². The van der Waals surface area contributed by atoms with E-state index in [1.165, 1.54) is 12.1 Å². The summed E-state index contributed by atoms with van der Waals surface area (Å²) in [5.74, 6) is -12.7. The fourth-order valence-corrected chi connectivity index (χ4v) is 2.30. The minimum absolute atomic E-state index is 0.0640. The highest BCUT2D eigenvalue weighted by Gasteiger charge is 2.31. The van der Waals surface area contributed by atoms with Crippen LogP contribution < -0.4 is 4.74 Å². The van der Waals surface area contributed by atoms with Gasteiger partial charge in [-0.3, -0.25) is 0 Å². The maximum atomic E-state index is 13.6. The average Bonchev–Trinajstić information content (AvgIpc) is 2.51. The zero-order valence-corrected chi connectivity index (χ0v) is 13.0. The Morgan fingerprint density at radius 2 is 1.42 bits per heavy atom. The van der Waals surface area contributed by atoms with Crippen molar-refractivity contribution in [3.63, 3.8) is 0 Å². The number of rotatable bonds is 3. The van der Waals surface area contributed by atoms with Gasteiger partial charge in [0.1, 0.15) is 11.3 Å². The smallest absolute Gasteiger partial charge is 0.349 e. The van der Waals surface area contributed by atoms with E-state index in [1.807, 2.05) is 13.8 Å². The van der Waals surface area contributed by atoms with Crippen molar-refractivity contribution in [2.45, 2.75) is 26.7 Å². The summed E-state index contributed by atoms with van der Waals surface area (Å²) in [5, 5.41) is 0. The number of hydrogen-bond acceptors (Lipinski definition) is 2. The predicted octanol–water partition coefficient (Wildman–Crippen LogP) is 5.03. The Hall–Kier alpha value is -2.44. The summed E-state index contributed by atoms with van der Waals surface area (Å²) in [5.41, 5.74) is 0.0933. The fraction of sp³-hybridized carbons (Fsp3) is 0.235. The van der Waals surface area contributed by atoms with Gasteiger partial charge < -0.3 is 4.74 Å². The van der Waals surface area contributed by atoms with Crippen molar-refractivity contribution in [1.29, 1.82) is 0 Å². The highest BCUT2D eigenvalue weighted by atomic mass is 19.2. The van der Waals surface area contributed by atoms with Crippen LogP contribution in [0.3, 0.4) is 0 Å². The molecule has 2 rings (SSSR count). The van der Waals surface area contributed by atoms with Crippen LogP contribution in [-0.4, -0.2) is 5.97 Å². The molecule has 0 spiro atoms. The largest absolute Gasteiger partial charge is 0.423 e. The monoisotopic (exact) mass is 344 g/mol. The molecule has 2 aromatic rings. The molecule has 0 atom stereocenters. The van der Waals surface area contributed by atoms with Crippen LogP contribution in [0, 0.1) is 36.0 Å². The lowest BCUT2D eigenvalue weighted by atomic mass is 9.98. The molecule has 0 saturated heterocycles. The molecule has 0 aliphatic rings. The van der Waals surface area contributed by atoms with Gasteiger partial charge in [-0.2, -0.15) is 0 Å². The number of aryl methyl sites for hydroxylation is 1. The quantitative estimate of drug-likeness (QED) is 0.257. The van der Waals surface area contributed by atoms with E-state index in [0.717, 1.165) is 11.1 Å². The van der Waals surface area contributed by atoms with Crippen LogP contribution in [0.2, 0.25) is 0 Å². The van der Waals surface area contributed by atoms with Gasteiger partial charge in [-0.15, -0.1) is 0 Å². The Bertz CT molecular complexity index is 786. The third-order valence-electron chi connectivity index (χ3n) is 3.49. The molecule has 0 saturated carbocycles. The van der Waals surface area contributed by atoms with Crippen LogP contribution in [0.1, 0.15) is 41.3 Å². The molecule has 2 aromatic carbocycles. The number of ether oxygens (including phenoxy) is 1. The van der Waals surface area contributed by atoms with Crippen molar-refractivity contribution in [1.82, 2.24) is 0 Å². The predicted molar refractivity (Wildman–Crippen MR) is 76.5 cm³/mol. The van der Waals surface area contributed by atoms with Crippen LogP contribution in [0.15, 0.2) is 18.2 Å². The lowest BCUT2D eigenvalue weighted by molar-refractivity contribution is 0.0721. The lowest BCUT2D eigenvalue weighted by Gasteiger charge is -2.12. The van der Waals surface area contributed by atoms with Crippen molar-refractivity contribution < 1.29 is 31.5 Å². The van der Waals surface area contributed by atoms with Crippen molar-refractivity contribution in [2.75, 3.05) is 0 Å². The summed E-state index contributed by atoms with van der Waals surface area (Å²) < 4.78 is 71.2. The molecule has 0 aliphatic carbocycles. The van der Waals surface area contributed by atoms with Crippen LogP contribution in [0.4, 0.5) is 22.0 Å². The van der Waals surface area contributed by atoms with E-state index >= 15 is 0 Å². The molecule has 0 heterocycles.